The van der Waals surface area contributed by atoms with Crippen LogP contribution in [0.25, 0.3) is 0 Å². The zero-order valence-electron chi connectivity index (χ0n) is 7.31. The second kappa shape index (κ2) is 4.60. The fraction of sp³-hybridized carbons (Fsp3) is 0.833. The summed E-state index contributed by atoms with van der Waals surface area (Å²) in [5, 5.41) is 8.43. The third-order valence-corrected chi connectivity index (χ3v) is 3.30. The van der Waals surface area contributed by atoms with Crippen molar-refractivity contribution in [3.63, 3.8) is 0 Å². The van der Waals surface area contributed by atoms with E-state index in [9.17, 15) is 9.36 Å². The van der Waals surface area contributed by atoms with Gasteiger partial charge in [0.15, 0.2) is 6.10 Å². The Hall–Kier alpha value is -0.380. The van der Waals surface area contributed by atoms with E-state index in [0.717, 1.165) is 0 Å². The highest BCUT2D eigenvalue weighted by Crippen LogP contribution is 2.47. The van der Waals surface area contributed by atoms with Crippen molar-refractivity contribution in [2.24, 2.45) is 0 Å². The van der Waals surface area contributed by atoms with Crippen LogP contribution >= 0.6 is 7.60 Å². The normalized spacial score (nSPS) is 18.2. The Morgan fingerprint density at radius 3 is 2.42 bits per heavy atom. The van der Waals surface area contributed by atoms with Gasteiger partial charge in [0.1, 0.15) is 0 Å². The van der Waals surface area contributed by atoms with Crippen molar-refractivity contribution in [1.82, 2.24) is 0 Å². The number of hydrogen-bond acceptors (Lipinski definition) is 4. The first kappa shape index (κ1) is 11.6. The zero-order chi connectivity index (χ0) is 9.78. The van der Waals surface area contributed by atoms with Crippen molar-refractivity contribution >= 4 is 13.6 Å². The minimum atomic E-state index is -3.17. The van der Waals surface area contributed by atoms with Crippen LogP contribution in [0, 0.1) is 0 Å². The molecule has 0 heterocycles. The summed E-state index contributed by atoms with van der Waals surface area (Å²) in [5.74, 6) is -1.15. The minimum absolute atomic E-state index is 0.168. The summed E-state index contributed by atoms with van der Waals surface area (Å²) in [7, 11) is -1.94. The van der Waals surface area contributed by atoms with E-state index in [4.69, 9.17) is 9.63 Å². The predicted molar refractivity (Wildman–Crippen MR) is 43.3 cm³/mol. The molecule has 0 radical (unpaired) electrons. The summed E-state index contributed by atoms with van der Waals surface area (Å²) in [6.45, 7) is 2.92. The van der Waals surface area contributed by atoms with Crippen LogP contribution in [0.3, 0.4) is 0 Å². The number of carboxylic acid groups (broad SMARTS) is 1. The van der Waals surface area contributed by atoms with Crippen LogP contribution in [0.2, 0.25) is 0 Å². The summed E-state index contributed by atoms with van der Waals surface area (Å²) < 4.78 is 20.7. The topological polar surface area (TPSA) is 72.8 Å². The molecular weight excluding hydrogens is 183 g/mol. The van der Waals surface area contributed by atoms with Gasteiger partial charge in [-0.3, -0.25) is 9.09 Å². The van der Waals surface area contributed by atoms with Gasteiger partial charge in [-0.1, -0.05) is 6.92 Å². The van der Waals surface area contributed by atoms with E-state index in [1.165, 1.54) is 14.0 Å². The highest BCUT2D eigenvalue weighted by atomic mass is 31.2. The Bertz CT molecular complexity index is 194. The maximum absolute atomic E-state index is 11.4. The molecule has 72 valence electrons. The molecule has 6 heteroatoms. The zero-order valence-corrected chi connectivity index (χ0v) is 8.21. The Kier molecular flexibility index (Phi) is 4.45. The molecule has 0 saturated carbocycles. The van der Waals surface area contributed by atoms with E-state index in [-0.39, 0.29) is 6.16 Å². The molecule has 0 bridgehead atoms. The highest BCUT2D eigenvalue weighted by Gasteiger charge is 2.26. The van der Waals surface area contributed by atoms with Crippen LogP contribution in [-0.2, 0) is 18.4 Å². The Labute approximate surface area is 71.2 Å². The minimum Gasteiger partial charge on any atom is -0.479 e. The average molecular weight is 196 g/mol. The third-order valence-electron chi connectivity index (χ3n) is 1.33. The summed E-state index contributed by atoms with van der Waals surface area (Å²) in [6.07, 6.45) is -0.933. The third kappa shape index (κ3) is 3.34. The first-order chi connectivity index (χ1) is 5.45. The maximum atomic E-state index is 11.4. The molecule has 0 aromatic carbocycles. The smallest absolute Gasteiger partial charge is 0.333 e. The molecule has 0 aliphatic heterocycles. The van der Waals surface area contributed by atoms with Crippen molar-refractivity contribution in [3.8, 4) is 0 Å². The van der Waals surface area contributed by atoms with Crippen molar-refractivity contribution in [2.45, 2.75) is 20.0 Å². The van der Waals surface area contributed by atoms with Gasteiger partial charge in [-0.05, 0) is 6.92 Å². The second-order valence-electron chi connectivity index (χ2n) is 2.20. The van der Waals surface area contributed by atoms with Crippen LogP contribution < -0.4 is 0 Å². The van der Waals surface area contributed by atoms with Gasteiger partial charge in [-0.15, -0.1) is 0 Å². The van der Waals surface area contributed by atoms with Gasteiger partial charge in [0, 0.05) is 13.3 Å². The molecule has 0 aliphatic carbocycles. The second-order valence-corrected chi connectivity index (χ2v) is 4.63. The van der Waals surface area contributed by atoms with Gasteiger partial charge < -0.3 is 9.63 Å². The standard InChI is InChI=1S/C6H13O5P/c1-4-12(9,10-3)11-5(2)6(7)8/h5H,4H2,1-3H3,(H,7,8). The van der Waals surface area contributed by atoms with E-state index in [1.807, 2.05) is 0 Å². The van der Waals surface area contributed by atoms with Crippen molar-refractivity contribution < 1.29 is 23.5 Å². The number of hydrogen-bond donors (Lipinski definition) is 1. The molecule has 0 fully saturated rings. The summed E-state index contributed by atoms with van der Waals surface area (Å²) in [5.41, 5.74) is 0. The largest absolute Gasteiger partial charge is 0.479 e. The molecule has 0 amide bonds. The molecule has 5 nitrogen and oxygen atoms in total. The molecule has 0 aromatic rings. The molecule has 12 heavy (non-hydrogen) atoms. The molecular formula is C6H13O5P. The quantitative estimate of drug-likeness (QED) is 0.671. The predicted octanol–water partition coefficient (Wildman–Crippen LogP) is 1.34. The van der Waals surface area contributed by atoms with Gasteiger partial charge in [0.05, 0.1) is 0 Å². The van der Waals surface area contributed by atoms with E-state index in [1.54, 1.807) is 6.92 Å². The first-order valence-corrected chi connectivity index (χ1v) is 5.24. The lowest BCUT2D eigenvalue weighted by atomic mass is 10.4. The van der Waals surface area contributed by atoms with Gasteiger partial charge in [-0.25, -0.2) is 4.79 Å². The molecule has 0 spiro atoms. The van der Waals surface area contributed by atoms with Crippen molar-refractivity contribution in [3.05, 3.63) is 0 Å². The average Bonchev–Trinajstić information content (AvgIpc) is 2.04. The van der Waals surface area contributed by atoms with Gasteiger partial charge in [0.2, 0.25) is 0 Å². The fourth-order valence-electron chi connectivity index (χ4n) is 0.533. The summed E-state index contributed by atoms with van der Waals surface area (Å²) in [6, 6.07) is 0. The van der Waals surface area contributed by atoms with Gasteiger partial charge >= 0.3 is 13.6 Å². The SMILES string of the molecule is CCP(=O)(OC)OC(C)C(=O)O. The van der Waals surface area contributed by atoms with Gasteiger partial charge in [0.25, 0.3) is 0 Å². The summed E-state index contributed by atoms with van der Waals surface area (Å²) >= 11 is 0. The molecule has 0 rings (SSSR count). The fourth-order valence-corrected chi connectivity index (χ4v) is 1.60. The molecule has 2 atom stereocenters. The molecule has 2 unspecified atom stereocenters. The number of rotatable bonds is 5. The highest BCUT2D eigenvalue weighted by molar-refractivity contribution is 7.53. The first-order valence-electron chi connectivity index (χ1n) is 3.51. The lowest BCUT2D eigenvalue weighted by molar-refractivity contribution is -0.144. The monoisotopic (exact) mass is 196 g/mol. The number of aliphatic carboxylic acids is 1. The summed E-state index contributed by atoms with van der Waals surface area (Å²) in [4.78, 5) is 10.3. The van der Waals surface area contributed by atoms with E-state index < -0.39 is 19.7 Å². The lowest BCUT2D eigenvalue weighted by Gasteiger charge is -2.16. The van der Waals surface area contributed by atoms with Crippen LogP contribution in [0.15, 0.2) is 0 Å². The van der Waals surface area contributed by atoms with Crippen molar-refractivity contribution in [2.75, 3.05) is 13.3 Å². The van der Waals surface area contributed by atoms with Crippen LogP contribution in [0.1, 0.15) is 13.8 Å². The van der Waals surface area contributed by atoms with Crippen LogP contribution in [0.4, 0.5) is 0 Å². The van der Waals surface area contributed by atoms with Crippen LogP contribution in [0.5, 0.6) is 0 Å². The van der Waals surface area contributed by atoms with Gasteiger partial charge in [-0.2, -0.15) is 0 Å². The molecule has 0 aliphatic rings. The lowest BCUT2D eigenvalue weighted by Crippen LogP contribution is -2.19. The Morgan fingerprint density at radius 1 is 1.67 bits per heavy atom. The van der Waals surface area contributed by atoms with Crippen LogP contribution in [-0.4, -0.2) is 30.5 Å². The number of carboxylic acids is 1. The van der Waals surface area contributed by atoms with E-state index >= 15 is 0 Å². The Morgan fingerprint density at radius 2 is 2.17 bits per heavy atom. The molecule has 1 N–H and O–H groups in total. The Balaban J connectivity index is 4.22. The number of carbonyl (C=O) groups is 1. The van der Waals surface area contributed by atoms with E-state index in [0.29, 0.717) is 0 Å². The van der Waals surface area contributed by atoms with Crippen molar-refractivity contribution in [1.29, 1.82) is 0 Å². The molecule has 0 aromatic heterocycles. The van der Waals surface area contributed by atoms with E-state index in [2.05, 4.69) is 4.52 Å². The molecule has 0 saturated heterocycles. The maximum Gasteiger partial charge on any atom is 0.333 e.